The molecule has 1 N–H and O–H groups in total. The second-order valence-electron chi connectivity index (χ2n) is 7.64. The average Bonchev–Trinajstić information content (AvgIpc) is 2.90. The molecular formula is C22H24N2O5S. The van der Waals surface area contributed by atoms with Crippen molar-refractivity contribution in [2.75, 3.05) is 26.7 Å². The summed E-state index contributed by atoms with van der Waals surface area (Å²) >= 11 is 0. The zero-order chi connectivity index (χ0) is 21.3. The highest BCUT2D eigenvalue weighted by atomic mass is 32.2. The Bertz CT molecular complexity index is 1110. The number of pyridine rings is 1. The number of rotatable bonds is 3. The Morgan fingerprint density at radius 2 is 1.87 bits per heavy atom. The first-order chi connectivity index (χ1) is 14.4. The van der Waals surface area contributed by atoms with Gasteiger partial charge < -0.3 is 4.74 Å². The molecule has 7 nitrogen and oxygen atoms in total. The molecule has 0 unspecified atom stereocenters. The summed E-state index contributed by atoms with van der Waals surface area (Å²) in [6.07, 6.45) is 4.78. The maximum absolute atomic E-state index is 11.6. The van der Waals surface area contributed by atoms with Crippen molar-refractivity contribution in [2.24, 2.45) is 0 Å². The van der Waals surface area contributed by atoms with Crippen molar-refractivity contribution in [1.82, 2.24) is 9.88 Å². The van der Waals surface area contributed by atoms with Crippen molar-refractivity contribution in [3.63, 3.8) is 0 Å². The molecule has 2 aromatic rings. The van der Waals surface area contributed by atoms with Crippen LogP contribution in [0.5, 0.6) is 0 Å². The van der Waals surface area contributed by atoms with Crippen molar-refractivity contribution in [1.29, 1.82) is 0 Å². The van der Waals surface area contributed by atoms with Crippen LogP contribution in [-0.2, 0) is 32.5 Å². The Morgan fingerprint density at radius 3 is 2.57 bits per heavy atom. The molecule has 2 heterocycles. The summed E-state index contributed by atoms with van der Waals surface area (Å²) in [6, 6.07) is 8.79. The number of esters is 1. The third kappa shape index (κ3) is 4.16. The molecule has 8 heteroatoms. The van der Waals surface area contributed by atoms with E-state index in [4.69, 9.17) is 4.74 Å². The number of hydrogen-bond acceptors (Lipinski definition) is 6. The first kappa shape index (κ1) is 20.7. The molecule has 1 aliphatic heterocycles. The second kappa shape index (κ2) is 8.29. The molecule has 0 bridgehead atoms. The normalized spacial score (nSPS) is 17.1. The number of nitrogens with zero attached hydrogens (tertiary/aromatic N) is 2. The number of ether oxygens (including phenoxy) is 1. The lowest BCUT2D eigenvalue weighted by molar-refractivity contribution is -0.142. The minimum absolute atomic E-state index is 0.0857. The average molecular weight is 429 g/mol. The smallest absolute Gasteiger partial charge is 0.319 e. The molecule has 1 aromatic heterocycles. The maximum atomic E-state index is 11.6. The predicted molar refractivity (Wildman–Crippen MR) is 112 cm³/mol. The summed E-state index contributed by atoms with van der Waals surface area (Å²) in [4.78, 5) is 18.3. The molecule has 0 atom stereocenters. The molecule has 1 saturated heterocycles. The van der Waals surface area contributed by atoms with E-state index in [2.05, 4.69) is 16.0 Å². The van der Waals surface area contributed by atoms with E-state index < -0.39 is 10.1 Å². The summed E-state index contributed by atoms with van der Waals surface area (Å²) in [5.41, 5.74) is 6.23. The summed E-state index contributed by atoms with van der Waals surface area (Å²) in [5.74, 6) is -0.240. The fourth-order valence-corrected chi connectivity index (χ4v) is 4.81. The zero-order valence-electron chi connectivity index (χ0n) is 16.8. The first-order valence-corrected chi connectivity index (χ1v) is 11.4. The lowest BCUT2D eigenvalue weighted by Crippen LogP contribution is -2.35. The van der Waals surface area contributed by atoms with Crippen molar-refractivity contribution in [2.45, 2.75) is 30.6 Å². The van der Waals surface area contributed by atoms with Crippen LogP contribution in [0.3, 0.4) is 0 Å². The monoisotopic (exact) mass is 428 g/mol. The van der Waals surface area contributed by atoms with E-state index in [1.807, 2.05) is 6.07 Å². The van der Waals surface area contributed by atoms with Gasteiger partial charge in [-0.15, -0.1) is 0 Å². The van der Waals surface area contributed by atoms with Gasteiger partial charge >= 0.3 is 5.97 Å². The fourth-order valence-electron chi connectivity index (χ4n) is 4.28. The lowest BCUT2D eigenvalue weighted by atomic mass is 9.88. The van der Waals surface area contributed by atoms with Crippen LogP contribution >= 0.6 is 0 Å². The van der Waals surface area contributed by atoms with Crippen LogP contribution in [0, 0.1) is 0 Å². The Hall–Kier alpha value is -2.55. The molecule has 2 aliphatic rings. The van der Waals surface area contributed by atoms with E-state index in [9.17, 15) is 17.8 Å². The van der Waals surface area contributed by atoms with Crippen molar-refractivity contribution in [3.05, 3.63) is 64.5 Å². The quantitative estimate of drug-likeness (QED) is 0.593. The number of aryl methyl sites for hydroxylation is 2. The topological polar surface area (TPSA) is 96.8 Å². The molecule has 1 fully saturated rings. The molecule has 30 heavy (non-hydrogen) atoms. The minimum atomic E-state index is -4.26. The van der Waals surface area contributed by atoms with Crippen molar-refractivity contribution >= 4 is 21.7 Å². The molecular weight excluding hydrogens is 404 g/mol. The highest BCUT2D eigenvalue weighted by molar-refractivity contribution is 7.85. The first-order valence-electron chi connectivity index (χ1n) is 9.93. The number of hydrogen-bond donors (Lipinski definition) is 1. The predicted octanol–water partition coefficient (Wildman–Crippen LogP) is 2.50. The minimum Gasteiger partial charge on any atom is -0.468 e. The number of fused-ring (bicyclic) bond motifs is 2. The molecule has 158 valence electrons. The summed E-state index contributed by atoms with van der Waals surface area (Å²) in [5, 5.41) is 0. The van der Waals surface area contributed by atoms with Crippen LogP contribution in [0.2, 0.25) is 0 Å². The summed E-state index contributed by atoms with van der Waals surface area (Å²) in [7, 11) is -2.87. The number of carbonyl (C=O) groups excluding carboxylic acids is 1. The highest BCUT2D eigenvalue weighted by Gasteiger charge is 2.26. The van der Waals surface area contributed by atoms with E-state index in [0.717, 1.165) is 60.3 Å². The van der Waals surface area contributed by atoms with Gasteiger partial charge in [0.05, 0.1) is 24.2 Å². The lowest BCUT2D eigenvalue weighted by Gasteiger charge is -2.29. The van der Waals surface area contributed by atoms with Gasteiger partial charge in [-0.2, -0.15) is 8.42 Å². The van der Waals surface area contributed by atoms with E-state index in [1.54, 1.807) is 18.3 Å². The fraction of sp³-hybridized carbons (Fsp3) is 0.364. The Labute approximate surface area is 176 Å². The van der Waals surface area contributed by atoms with Gasteiger partial charge in [0.2, 0.25) is 0 Å². The van der Waals surface area contributed by atoms with Crippen LogP contribution in [-0.4, -0.2) is 55.6 Å². The van der Waals surface area contributed by atoms with Crippen molar-refractivity contribution < 1.29 is 22.5 Å². The number of aromatic nitrogens is 1. The van der Waals surface area contributed by atoms with E-state index in [0.29, 0.717) is 6.42 Å². The number of piperidine rings is 1. The largest absolute Gasteiger partial charge is 0.468 e. The third-order valence-corrected chi connectivity index (χ3v) is 6.68. The van der Waals surface area contributed by atoms with Crippen LogP contribution < -0.4 is 0 Å². The van der Waals surface area contributed by atoms with Gasteiger partial charge in [-0.25, -0.2) is 0 Å². The van der Waals surface area contributed by atoms with E-state index in [-0.39, 0.29) is 17.4 Å². The van der Waals surface area contributed by atoms with Gasteiger partial charge in [-0.3, -0.25) is 19.2 Å². The highest BCUT2D eigenvalue weighted by Crippen LogP contribution is 2.38. The Kier molecular flexibility index (Phi) is 5.73. The molecule has 0 saturated carbocycles. The molecule has 0 radical (unpaired) electrons. The van der Waals surface area contributed by atoms with Crippen LogP contribution in [0.15, 0.2) is 47.0 Å². The summed E-state index contributed by atoms with van der Waals surface area (Å²) < 4.78 is 37.5. The number of methoxy groups -OCH3 is 1. The molecule has 0 amide bonds. The van der Waals surface area contributed by atoms with E-state index in [1.165, 1.54) is 18.7 Å². The van der Waals surface area contributed by atoms with Gasteiger partial charge in [-0.1, -0.05) is 17.7 Å². The molecule has 4 rings (SSSR count). The van der Waals surface area contributed by atoms with Crippen LogP contribution in [0.25, 0.3) is 5.57 Å². The SMILES string of the molecule is COC(=O)CN1CCC(=C2c3ccc(S(=O)(=O)O)cc3CCc3cccnc32)CC1. The Morgan fingerprint density at radius 1 is 1.13 bits per heavy atom. The molecule has 0 spiro atoms. The standard InChI is InChI=1S/C22H24N2O5S/c1-29-20(25)14-24-11-8-15(9-12-24)21-19-7-6-18(30(26,27)28)13-17(19)5-4-16-3-2-10-23-22(16)21/h2-3,6-7,10,13H,4-5,8-9,11-12,14H2,1H3,(H,26,27,28). The van der Waals surface area contributed by atoms with Gasteiger partial charge in [0.15, 0.2) is 0 Å². The van der Waals surface area contributed by atoms with Gasteiger partial charge in [0.25, 0.3) is 10.1 Å². The van der Waals surface area contributed by atoms with Crippen LogP contribution in [0.1, 0.15) is 35.2 Å². The summed E-state index contributed by atoms with van der Waals surface area (Å²) in [6.45, 7) is 1.77. The van der Waals surface area contributed by atoms with Crippen molar-refractivity contribution in [3.8, 4) is 0 Å². The molecule has 1 aliphatic carbocycles. The number of carbonyl (C=O) groups is 1. The van der Waals surface area contributed by atoms with Crippen LogP contribution in [0.4, 0.5) is 0 Å². The van der Waals surface area contributed by atoms with E-state index >= 15 is 0 Å². The zero-order valence-corrected chi connectivity index (χ0v) is 17.6. The molecule has 1 aromatic carbocycles. The second-order valence-corrected chi connectivity index (χ2v) is 9.06. The maximum Gasteiger partial charge on any atom is 0.319 e. The van der Waals surface area contributed by atoms with Gasteiger partial charge in [0, 0.05) is 24.9 Å². The number of likely N-dealkylation sites (tertiary alicyclic amines) is 1. The van der Waals surface area contributed by atoms with Gasteiger partial charge in [0.1, 0.15) is 0 Å². The third-order valence-electron chi connectivity index (χ3n) is 5.83. The number of benzene rings is 1. The Balaban J connectivity index is 1.77. The van der Waals surface area contributed by atoms with Gasteiger partial charge in [-0.05, 0) is 60.6 Å².